The zero-order valence-electron chi connectivity index (χ0n) is 12.6. The fourth-order valence-electron chi connectivity index (χ4n) is 2.81. The predicted molar refractivity (Wildman–Crippen MR) is 88.4 cm³/mol. The topological polar surface area (TPSA) is 0 Å². The molecule has 0 aliphatic heterocycles. The van der Waals surface area contributed by atoms with Crippen molar-refractivity contribution in [3.8, 4) is 0 Å². The summed E-state index contributed by atoms with van der Waals surface area (Å²) < 4.78 is 5.14. The van der Waals surface area contributed by atoms with Crippen molar-refractivity contribution >= 4 is 24.6 Å². The monoisotopic (exact) mass is 362 g/mol. The molecule has 0 fully saturated rings. The van der Waals surface area contributed by atoms with Gasteiger partial charge in [0.2, 0.25) is 0 Å². The van der Waals surface area contributed by atoms with Gasteiger partial charge in [0.15, 0.2) is 0 Å². The molecule has 0 N–H and O–H groups in total. The Bertz CT molecular complexity index is 158. The van der Waals surface area contributed by atoms with E-state index in [1.807, 2.05) is 0 Å². The number of hydrogen-bond acceptors (Lipinski definition) is 0. The van der Waals surface area contributed by atoms with Crippen LogP contribution in [0.15, 0.2) is 12.7 Å². The Hall–Kier alpha value is 0.756. The van der Waals surface area contributed by atoms with Crippen LogP contribution < -0.4 is 0 Å². The first-order chi connectivity index (χ1) is 8.24. The summed E-state index contributed by atoms with van der Waals surface area (Å²) in [5, 5.41) is 0. The van der Waals surface area contributed by atoms with Crippen molar-refractivity contribution in [2.45, 2.75) is 78.7 Å². The van der Waals surface area contributed by atoms with E-state index >= 15 is 0 Å². The van der Waals surface area contributed by atoms with E-state index < -0.39 is 17.6 Å². The summed E-state index contributed by atoms with van der Waals surface area (Å²) in [6.45, 7) is 11.1. The van der Waals surface area contributed by atoms with Crippen LogP contribution in [0.3, 0.4) is 0 Å². The summed E-state index contributed by atoms with van der Waals surface area (Å²) >= 11 is -1.62. The molecule has 0 radical (unpaired) electrons. The van der Waals surface area contributed by atoms with Crippen LogP contribution in [0.2, 0.25) is 19.4 Å². The van der Waals surface area contributed by atoms with E-state index in [9.17, 15) is 0 Å². The van der Waals surface area contributed by atoms with Crippen LogP contribution in [0.25, 0.3) is 0 Å². The van der Waals surface area contributed by atoms with Gasteiger partial charge in [-0.15, -0.1) is 0 Å². The van der Waals surface area contributed by atoms with E-state index in [4.69, 9.17) is 0 Å². The maximum absolute atomic E-state index is 3.97. The third-order valence-corrected chi connectivity index (χ3v) is 36.6. The predicted octanol–water partition coefficient (Wildman–Crippen LogP) is 5.11. The van der Waals surface area contributed by atoms with E-state index in [-0.39, 0.29) is 7.03 Å². The molecule has 0 spiro atoms. The molecule has 0 saturated carbocycles. The van der Waals surface area contributed by atoms with Crippen LogP contribution in [-0.2, 0) is 0 Å². The molecule has 2 heteroatoms. The third kappa shape index (κ3) is 8.47. The molecule has 0 aromatic heterocycles. The van der Waals surface area contributed by atoms with Crippen molar-refractivity contribution in [1.82, 2.24) is 0 Å². The van der Waals surface area contributed by atoms with Gasteiger partial charge >= 0.3 is 116 Å². The van der Waals surface area contributed by atoms with Crippen molar-refractivity contribution < 1.29 is 0 Å². The molecule has 0 rings (SSSR count). The molecule has 0 amide bonds. The molecular weight excluding hydrogens is 327 g/mol. The molecule has 0 heterocycles. The van der Waals surface area contributed by atoms with Gasteiger partial charge in [0.25, 0.3) is 0 Å². The van der Waals surface area contributed by atoms with Gasteiger partial charge in [-0.2, -0.15) is 0 Å². The summed E-state index contributed by atoms with van der Waals surface area (Å²) in [5.41, 5.74) is 0. The summed E-state index contributed by atoms with van der Waals surface area (Å²) in [7, 11) is 0.249. The quantitative estimate of drug-likeness (QED) is 0.335. The molecule has 0 bridgehead atoms. The molecule has 0 aliphatic rings. The summed E-state index contributed by atoms with van der Waals surface area (Å²) in [6, 6.07) is 1.44. The van der Waals surface area contributed by atoms with Gasteiger partial charge in [-0.25, -0.2) is 0 Å². The number of unbranched alkanes of at least 4 members (excludes halogenated alkanes) is 3. The van der Waals surface area contributed by atoms with Gasteiger partial charge in [-0.3, -0.25) is 0 Å². The Balaban J connectivity index is 4.44. The SMILES string of the molecule is C=CC[SiH2][Sn]([CH2]CCC)([CH2]CCC)[CH2]CCC. The molecule has 0 unspecified atom stereocenters. The number of hydrogen-bond donors (Lipinski definition) is 0. The van der Waals surface area contributed by atoms with Gasteiger partial charge in [0, 0.05) is 0 Å². The van der Waals surface area contributed by atoms with Crippen molar-refractivity contribution in [1.29, 1.82) is 0 Å². The molecule has 102 valence electrons. The normalized spacial score (nSPS) is 12.4. The van der Waals surface area contributed by atoms with Crippen molar-refractivity contribution in [3.63, 3.8) is 0 Å². The summed E-state index contributed by atoms with van der Waals surface area (Å²) in [5.74, 6) is 0. The molecule has 0 saturated heterocycles. The standard InChI is InChI=1S/3C4H9.C3H7Si.Sn/c3*1-3-4-2;1-2-3-4;/h3*1,3-4H2,2H3;2H,1,3-4H2;. The maximum atomic E-state index is 3.97. The molecule has 0 atom stereocenters. The Morgan fingerprint density at radius 2 is 1.29 bits per heavy atom. The minimum absolute atomic E-state index is 0.249. The van der Waals surface area contributed by atoms with Crippen LogP contribution in [0.1, 0.15) is 59.3 Å². The molecule has 0 aromatic rings. The van der Waals surface area contributed by atoms with Crippen molar-refractivity contribution in [3.05, 3.63) is 12.7 Å². The van der Waals surface area contributed by atoms with Crippen molar-refractivity contribution in [2.75, 3.05) is 0 Å². The van der Waals surface area contributed by atoms with Crippen LogP contribution in [0, 0.1) is 0 Å². The fourth-order valence-corrected chi connectivity index (χ4v) is 34.4. The van der Waals surface area contributed by atoms with Crippen LogP contribution >= 0.6 is 0 Å². The summed E-state index contributed by atoms with van der Waals surface area (Å²) in [4.78, 5) is 0. The second-order valence-electron chi connectivity index (χ2n) is 5.64. The molecule has 17 heavy (non-hydrogen) atoms. The third-order valence-electron chi connectivity index (χ3n) is 4.06. The second-order valence-corrected chi connectivity index (χ2v) is 33.9. The molecular formula is C15H34SiSn. The fraction of sp³-hybridized carbons (Fsp3) is 0.867. The van der Waals surface area contributed by atoms with E-state index in [0.29, 0.717) is 0 Å². The van der Waals surface area contributed by atoms with Gasteiger partial charge in [-0.05, 0) is 0 Å². The first kappa shape index (κ1) is 17.8. The Morgan fingerprint density at radius 1 is 0.882 bits per heavy atom. The second kappa shape index (κ2) is 11.8. The molecule has 0 aromatic carbocycles. The van der Waals surface area contributed by atoms with Crippen LogP contribution in [0.4, 0.5) is 0 Å². The average molecular weight is 361 g/mol. The van der Waals surface area contributed by atoms with Gasteiger partial charge in [0.1, 0.15) is 0 Å². The van der Waals surface area contributed by atoms with Gasteiger partial charge < -0.3 is 0 Å². The molecule has 0 aliphatic carbocycles. The van der Waals surface area contributed by atoms with Gasteiger partial charge in [0.05, 0.1) is 0 Å². The zero-order valence-corrected chi connectivity index (χ0v) is 16.8. The van der Waals surface area contributed by atoms with E-state index in [1.165, 1.54) is 44.6 Å². The average Bonchev–Trinajstić information content (AvgIpc) is 2.37. The van der Waals surface area contributed by atoms with Crippen LogP contribution in [-0.4, -0.2) is 24.6 Å². The first-order valence-electron chi connectivity index (χ1n) is 7.85. The Morgan fingerprint density at radius 3 is 1.59 bits per heavy atom. The number of allylic oxidation sites excluding steroid dienone is 1. The van der Waals surface area contributed by atoms with E-state index in [2.05, 4.69) is 33.4 Å². The first-order valence-corrected chi connectivity index (χ1v) is 21.7. The van der Waals surface area contributed by atoms with Crippen LogP contribution in [0.5, 0.6) is 0 Å². The molecule has 0 nitrogen and oxygen atoms in total. The summed E-state index contributed by atoms with van der Waals surface area (Å²) in [6.07, 6.45) is 11.1. The van der Waals surface area contributed by atoms with E-state index in [1.54, 1.807) is 13.3 Å². The minimum atomic E-state index is -1.62. The zero-order chi connectivity index (χ0) is 13.0. The number of rotatable bonds is 12. The Labute approximate surface area is 115 Å². The Kier molecular flexibility index (Phi) is 12.3. The van der Waals surface area contributed by atoms with E-state index in [0.717, 1.165) is 0 Å². The van der Waals surface area contributed by atoms with Crippen molar-refractivity contribution in [2.24, 2.45) is 0 Å². The van der Waals surface area contributed by atoms with Gasteiger partial charge in [-0.1, -0.05) is 0 Å².